The van der Waals surface area contributed by atoms with E-state index in [0.29, 0.717) is 5.92 Å². The summed E-state index contributed by atoms with van der Waals surface area (Å²) in [6, 6.07) is 46.5. The van der Waals surface area contributed by atoms with Crippen LogP contribution in [-0.4, -0.2) is 0 Å². The molecule has 0 spiro atoms. The van der Waals surface area contributed by atoms with Gasteiger partial charge in [-0.1, -0.05) is 153 Å². The van der Waals surface area contributed by atoms with Crippen LogP contribution in [0.4, 0.5) is 0 Å². The standard InChI is InChI=1S/C47H32O/c1-47-27-9-8-14-34(47)15-10-21-41(47)39-20-11-22-42-46(39)40-26-25-33(29-43(40)48-42)45-37-18-6-4-16-35(37)44(36-17-5-7-19-38(36)45)32-24-23-30-12-2-3-13-31(30)28-32/h2-29,34H,1H3. The van der Waals surface area contributed by atoms with Gasteiger partial charge in [-0.05, 0) is 90.0 Å². The van der Waals surface area contributed by atoms with Crippen molar-refractivity contribution in [2.24, 2.45) is 11.3 Å². The van der Waals surface area contributed by atoms with Crippen molar-refractivity contribution in [1.82, 2.24) is 0 Å². The van der Waals surface area contributed by atoms with Gasteiger partial charge in [-0.15, -0.1) is 0 Å². The Balaban J connectivity index is 1.20. The molecule has 0 N–H and O–H groups in total. The number of fused-ring (bicyclic) bond motifs is 7. The number of benzene rings is 7. The van der Waals surface area contributed by atoms with E-state index in [1.807, 2.05) is 0 Å². The number of hydrogen-bond acceptors (Lipinski definition) is 1. The normalized spacial score (nSPS) is 18.7. The molecule has 2 aliphatic rings. The molecule has 2 aliphatic carbocycles. The van der Waals surface area contributed by atoms with Crippen molar-refractivity contribution in [2.45, 2.75) is 6.92 Å². The molecule has 0 amide bonds. The van der Waals surface area contributed by atoms with Crippen molar-refractivity contribution in [2.75, 3.05) is 0 Å². The van der Waals surface area contributed by atoms with Crippen molar-refractivity contribution < 1.29 is 4.42 Å². The highest BCUT2D eigenvalue weighted by molar-refractivity contribution is 6.22. The Morgan fingerprint density at radius 2 is 1.17 bits per heavy atom. The summed E-state index contributed by atoms with van der Waals surface area (Å²) >= 11 is 0. The second kappa shape index (κ2) is 10.3. The molecule has 10 rings (SSSR count). The summed E-state index contributed by atoms with van der Waals surface area (Å²) in [7, 11) is 0. The molecule has 1 heteroatoms. The minimum atomic E-state index is -0.105. The second-order valence-electron chi connectivity index (χ2n) is 13.4. The van der Waals surface area contributed by atoms with Gasteiger partial charge in [-0.3, -0.25) is 0 Å². The molecule has 1 nitrogen and oxygen atoms in total. The summed E-state index contributed by atoms with van der Waals surface area (Å²) in [4.78, 5) is 0. The van der Waals surface area contributed by atoms with Gasteiger partial charge in [-0.25, -0.2) is 0 Å². The Bertz CT molecular complexity index is 2690. The van der Waals surface area contributed by atoms with Crippen molar-refractivity contribution >= 4 is 59.8 Å². The van der Waals surface area contributed by atoms with Gasteiger partial charge in [0.25, 0.3) is 0 Å². The van der Waals surface area contributed by atoms with Crippen LogP contribution in [0.15, 0.2) is 174 Å². The first-order valence-corrected chi connectivity index (χ1v) is 16.8. The zero-order valence-electron chi connectivity index (χ0n) is 26.7. The molecule has 0 radical (unpaired) electrons. The van der Waals surface area contributed by atoms with Gasteiger partial charge in [0, 0.05) is 22.1 Å². The molecule has 2 unspecified atom stereocenters. The van der Waals surface area contributed by atoms with Gasteiger partial charge in [0.15, 0.2) is 0 Å². The minimum Gasteiger partial charge on any atom is -0.456 e. The van der Waals surface area contributed by atoms with Crippen molar-refractivity contribution in [3.8, 4) is 22.3 Å². The summed E-state index contributed by atoms with van der Waals surface area (Å²) in [5, 5.41) is 9.83. The number of rotatable bonds is 3. The number of hydrogen-bond donors (Lipinski definition) is 0. The van der Waals surface area contributed by atoms with Gasteiger partial charge in [0.2, 0.25) is 0 Å². The lowest BCUT2D eigenvalue weighted by Gasteiger charge is -2.38. The number of furan rings is 1. The molecule has 0 fully saturated rings. The lowest BCUT2D eigenvalue weighted by atomic mass is 9.65. The van der Waals surface area contributed by atoms with E-state index >= 15 is 0 Å². The fourth-order valence-electron chi connectivity index (χ4n) is 8.42. The molecule has 0 saturated heterocycles. The zero-order valence-corrected chi connectivity index (χ0v) is 26.7. The molecule has 2 atom stereocenters. The van der Waals surface area contributed by atoms with Crippen molar-refractivity contribution in [3.63, 3.8) is 0 Å². The van der Waals surface area contributed by atoms with Crippen LogP contribution in [0, 0.1) is 11.3 Å². The van der Waals surface area contributed by atoms with Crippen LogP contribution in [0.3, 0.4) is 0 Å². The minimum absolute atomic E-state index is 0.105. The van der Waals surface area contributed by atoms with Crippen molar-refractivity contribution in [3.05, 3.63) is 175 Å². The van der Waals surface area contributed by atoms with Crippen LogP contribution in [-0.2, 0) is 0 Å². The molecule has 1 aromatic heterocycles. The van der Waals surface area contributed by atoms with Crippen LogP contribution in [0.5, 0.6) is 0 Å². The van der Waals surface area contributed by atoms with E-state index in [4.69, 9.17) is 4.42 Å². The molecular formula is C47H32O. The van der Waals surface area contributed by atoms with Crippen molar-refractivity contribution in [1.29, 1.82) is 0 Å². The summed E-state index contributed by atoms with van der Waals surface area (Å²) in [6.45, 7) is 2.35. The lowest BCUT2D eigenvalue weighted by Crippen LogP contribution is -2.27. The van der Waals surface area contributed by atoms with Crippen LogP contribution in [0.1, 0.15) is 12.5 Å². The van der Waals surface area contributed by atoms with Crippen LogP contribution >= 0.6 is 0 Å². The van der Waals surface area contributed by atoms with Gasteiger partial charge < -0.3 is 4.42 Å². The molecule has 7 aromatic carbocycles. The molecular weight excluding hydrogens is 581 g/mol. The summed E-state index contributed by atoms with van der Waals surface area (Å²) in [5.74, 6) is 0.335. The Morgan fingerprint density at radius 3 is 1.92 bits per heavy atom. The molecule has 1 heterocycles. The highest BCUT2D eigenvalue weighted by Crippen LogP contribution is 2.51. The van der Waals surface area contributed by atoms with Crippen LogP contribution < -0.4 is 0 Å². The Kier molecular flexibility index (Phi) is 5.83. The Morgan fingerprint density at radius 1 is 0.521 bits per heavy atom. The van der Waals surface area contributed by atoms with E-state index in [2.05, 4.69) is 177 Å². The first kappa shape index (κ1) is 27.2. The van der Waals surface area contributed by atoms with E-state index in [-0.39, 0.29) is 5.41 Å². The fraction of sp³-hybridized carbons (Fsp3) is 0.0638. The monoisotopic (exact) mass is 612 g/mol. The van der Waals surface area contributed by atoms with E-state index < -0.39 is 0 Å². The second-order valence-corrected chi connectivity index (χ2v) is 13.4. The molecule has 226 valence electrons. The largest absolute Gasteiger partial charge is 0.456 e. The molecule has 8 aromatic rings. The van der Waals surface area contributed by atoms with Gasteiger partial charge in [-0.2, -0.15) is 0 Å². The van der Waals surface area contributed by atoms with Gasteiger partial charge in [0.1, 0.15) is 11.2 Å². The summed E-state index contributed by atoms with van der Waals surface area (Å²) in [6.07, 6.45) is 15.8. The maximum Gasteiger partial charge on any atom is 0.136 e. The Labute approximate surface area is 279 Å². The van der Waals surface area contributed by atoms with Gasteiger partial charge in [0.05, 0.1) is 0 Å². The Hall–Kier alpha value is -5.92. The summed E-state index contributed by atoms with van der Waals surface area (Å²) < 4.78 is 6.70. The molecule has 0 aliphatic heterocycles. The smallest absolute Gasteiger partial charge is 0.136 e. The van der Waals surface area contributed by atoms with E-state index in [1.54, 1.807) is 0 Å². The average Bonchev–Trinajstić information content (AvgIpc) is 3.51. The van der Waals surface area contributed by atoms with Crippen LogP contribution in [0.25, 0.3) is 82.1 Å². The van der Waals surface area contributed by atoms with Gasteiger partial charge >= 0.3 is 0 Å². The number of allylic oxidation sites excluding steroid dienone is 8. The predicted molar refractivity (Wildman–Crippen MR) is 204 cm³/mol. The lowest BCUT2D eigenvalue weighted by molar-refractivity contribution is 0.472. The highest BCUT2D eigenvalue weighted by Gasteiger charge is 2.37. The molecule has 0 bridgehead atoms. The van der Waals surface area contributed by atoms with E-state index in [1.165, 1.54) is 65.5 Å². The first-order chi connectivity index (χ1) is 23.7. The maximum atomic E-state index is 6.70. The summed E-state index contributed by atoms with van der Waals surface area (Å²) in [5.41, 5.74) is 9.21. The molecule has 0 saturated carbocycles. The van der Waals surface area contributed by atoms with Crippen LogP contribution in [0.2, 0.25) is 0 Å². The maximum absolute atomic E-state index is 6.70. The van der Waals surface area contributed by atoms with E-state index in [0.717, 1.165) is 22.1 Å². The highest BCUT2D eigenvalue weighted by atomic mass is 16.3. The third-order valence-corrected chi connectivity index (χ3v) is 10.8. The SMILES string of the molecule is CC12C=CC=CC1C=CC=C2c1cccc2oc3cc(-c4c5ccccc5c(-c5ccc6ccccc6c5)c5ccccc45)ccc3c12. The first-order valence-electron chi connectivity index (χ1n) is 16.8. The third kappa shape index (κ3) is 3.91. The van der Waals surface area contributed by atoms with E-state index in [9.17, 15) is 0 Å². The fourth-order valence-corrected chi connectivity index (χ4v) is 8.42. The average molecular weight is 613 g/mol. The quantitative estimate of drug-likeness (QED) is 0.181. The predicted octanol–water partition coefficient (Wildman–Crippen LogP) is 13.1. The molecule has 48 heavy (non-hydrogen) atoms. The third-order valence-electron chi connectivity index (χ3n) is 10.8. The topological polar surface area (TPSA) is 13.1 Å². The zero-order chi connectivity index (χ0) is 31.8.